The summed E-state index contributed by atoms with van der Waals surface area (Å²) in [5, 5.41) is 10.7. The first kappa shape index (κ1) is 9.29. The lowest BCUT2D eigenvalue weighted by Gasteiger charge is -1.94. The average Bonchev–Trinajstić information content (AvgIpc) is 2.42. The first-order valence-corrected chi connectivity index (χ1v) is 5.40. The molecule has 0 saturated heterocycles. The monoisotopic (exact) mass is 227 g/mol. The molecule has 14 heavy (non-hydrogen) atoms. The smallest absolute Gasteiger partial charge is 0.265 e. The predicted octanol–water partition coefficient (Wildman–Crippen LogP) is 2.54. The molecule has 2 rings (SSSR count). The van der Waals surface area contributed by atoms with Crippen LogP contribution in [-0.2, 0) is 0 Å². The molecule has 2 aromatic rings. The minimum atomic E-state index is -0.446. The van der Waals surface area contributed by atoms with Gasteiger partial charge in [0.1, 0.15) is 4.70 Å². The highest BCUT2D eigenvalue weighted by Gasteiger charge is 2.15. The van der Waals surface area contributed by atoms with Gasteiger partial charge in [0.05, 0.1) is 9.62 Å². The maximum Gasteiger partial charge on any atom is 0.288 e. The molecule has 0 radical (unpaired) electrons. The van der Waals surface area contributed by atoms with Crippen LogP contribution in [0.15, 0.2) is 16.9 Å². The summed E-state index contributed by atoms with van der Waals surface area (Å²) in [5.74, 6) is 0. The molecule has 0 aliphatic rings. The van der Waals surface area contributed by atoms with Crippen LogP contribution in [0.2, 0.25) is 0 Å². The zero-order valence-corrected chi connectivity index (χ0v) is 8.78. The van der Waals surface area contributed by atoms with E-state index in [1.54, 1.807) is 13.0 Å². The number of hydrogen-bond donors (Lipinski definition) is 0. The van der Waals surface area contributed by atoms with Gasteiger partial charge in [-0.25, -0.2) is 0 Å². The van der Waals surface area contributed by atoms with Gasteiger partial charge in [0, 0.05) is 6.07 Å². The molecule has 0 bridgehead atoms. The minimum absolute atomic E-state index is 0.0309. The van der Waals surface area contributed by atoms with E-state index >= 15 is 0 Å². The zero-order valence-electron chi connectivity index (χ0n) is 7.14. The van der Waals surface area contributed by atoms with E-state index in [9.17, 15) is 14.9 Å². The normalized spacial score (nSPS) is 10.6. The number of benzene rings is 1. The quantitative estimate of drug-likeness (QED) is 0.555. The molecule has 0 spiro atoms. The summed E-state index contributed by atoms with van der Waals surface area (Å²) < 4.78 is 1.08. The van der Waals surface area contributed by atoms with E-state index in [2.05, 4.69) is 0 Å². The fraction of sp³-hybridized carbons (Fsp3) is 0.125. The summed E-state index contributed by atoms with van der Waals surface area (Å²) in [7, 11) is 0. The zero-order chi connectivity index (χ0) is 10.3. The third-order valence-corrected chi connectivity index (χ3v) is 3.89. The van der Waals surface area contributed by atoms with Gasteiger partial charge in [-0.05, 0) is 18.6 Å². The molecule has 1 heterocycles. The van der Waals surface area contributed by atoms with Gasteiger partial charge in [-0.2, -0.15) is 0 Å². The van der Waals surface area contributed by atoms with Crippen molar-refractivity contribution in [2.24, 2.45) is 0 Å². The second-order valence-corrected chi connectivity index (χ2v) is 5.08. The van der Waals surface area contributed by atoms with E-state index in [4.69, 9.17) is 0 Å². The standard InChI is InChI=1S/C8H5NO3S2/c1-4-2-5(9(11)12)7-6(3-4)13-8(10)14-7/h2-3H,1H3. The Labute approximate surface area is 86.6 Å². The predicted molar refractivity (Wildman–Crippen MR) is 57.4 cm³/mol. The van der Waals surface area contributed by atoms with E-state index in [1.807, 2.05) is 0 Å². The summed E-state index contributed by atoms with van der Waals surface area (Å²) in [6.45, 7) is 1.78. The SMILES string of the molecule is Cc1cc([N+](=O)[O-])c2sc(=O)sc2c1. The second-order valence-electron chi connectivity index (χ2n) is 2.82. The van der Waals surface area contributed by atoms with Crippen molar-refractivity contribution in [2.75, 3.05) is 0 Å². The summed E-state index contributed by atoms with van der Waals surface area (Å²) in [6, 6.07) is 3.29. The molecule has 1 aromatic heterocycles. The van der Waals surface area contributed by atoms with Gasteiger partial charge >= 0.3 is 0 Å². The third-order valence-electron chi connectivity index (χ3n) is 1.75. The van der Waals surface area contributed by atoms with Crippen LogP contribution in [-0.4, -0.2) is 4.92 Å². The van der Waals surface area contributed by atoms with Crippen LogP contribution < -0.4 is 4.06 Å². The molecule has 0 aliphatic heterocycles. The van der Waals surface area contributed by atoms with Gasteiger partial charge < -0.3 is 0 Å². The number of nitro groups is 1. The Morgan fingerprint density at radius 1 is 1.36 bits per heavy atom. The van der Waals surface area contributed by atoms with Crippen molar-refractivity contribution in [1.82, 2.24) is 0 Å². The molecule has 0 unspecified atom stereocenters. The van der Waals surface area contributed by atoms with Gasteiger partial charge in [-0.1, -0.05) is 22.7 Å². The average molecular weight is 227 g/mol. The molecule has 6 heteroatoms. The molecule has 72 valence electrons. The van der Waals surface area contributed by atoms with Crippen LogP contribution in [0.4, 0.5) is 5.69 Å². The van der Waals surface area contributed by atoms with Crippen molar-refractivity contribution >= 4 is 37.8 Å². The van der Waals surface area contributed by atoms with Gasteiger partial charge in [-0.3, -0.25) is 14.9 Å². The Balaban J connectivity index is 2.92. The number of rotatable bonds is 1. The van der Waals surface area contributed by atoms with Gasteiger partial charge in [0.2, 0.25) is 0 Å². The van der Waals surface area contributed by atoms with Crippen molar-refractivity contribution in [3.63, 3.8) is 0 Å². The lowest BCUT2D eigenvalue weighted by molar-refractivity contribution is -0.382. The Kier molecular flexibility index (Phi) is 2.09. The highest BCUT2D eigenvalue weighted by molar-refractivity contribution is 7.35. The summed E-state index contributed by atoms with van der Waals surface area (Å²) in [4.78, 5) is 21.3. The van der Waals surface area contributed by atoms with Crippen LogP contribution in [0.5, 0.6) is 0 Å². The molecule has 0 N–H and O–H groups in total. The first-order valence-electron chi connectivity index (χ1n) is 3.76. The van der Waals surface area contributed by atoms with Crippen molar-refractivity contribution < 1.29 is 4.92 Å². The van der Waals surface area contributed by atoms with Crippen molar-refractivity contribution in [2.45, 2.75) is 6.92 Å². The largest absolute Gasteiger partial charge is 0.288 e. The Morgan fingerprint density at radius 3 is 2.71 bits per heavy atom. The molecular formula is C8H5NO3S2. The first-order chi connectivity index (χ1) is 6.58. The molecule has 0 saturated carbocycles. The van der Waals surface area contributed by atoms with Crippen molar-refractivity contribution in [3.05, 3.63) is 36.7 Å². The van der Waals surface area contributed by atoms with E-state index in [0.29, 0.717) is 9.40 Å². The van der Waals surface area contributed by atoms with Crippen LogP contribution >= 0.6 is 22.7 Å². The maximum absolute atomic E-state index is 11.1. The number of nitro benzene ring substituents is 1. The van der Waals surface area contributed by atoms with Crippen LogP contribution in [0.1, 0.15) is 5.56 Å². The highest BCUT2D eigenvalue weighted by atomic mass is 32.2. The Hall–Kier alpha value is -1.27. The molecular weight excluding hydrogens is 222 g/mol. The number of hydrogen-bond acceptors (Lipinski definition) is 5. The van der Waals surface area contributed by atoms with Gasteiger partial charge in [-0.15, -0.1) is 0 Å². The molecule has 0 atom stereocenters. The molecule has 1 aromatic carbocycles. The van der Waals surface area contributed by atoms with Crippen LogP contribution in [0.25, 0.3) is 9.40 Å². The summed E-state index contributed by atoms with van der Waals surface area (Å²) in [5.41, 5.74) is 0.835. The van der Waals surface area contributed by atoms with Gasteiger partial charge in [0.15, 0.2) is 0 Å². The minimum Gasteiger partial charge on any atom is -0.265 e. The Morgan fingerprint density at radius 2 is 2.07 bits per heavy atom. The van der Waals surface area contributed by atoms with E-state index in [1.165, 1.54) is 6.07 Å². The summed E-state index contributed by atoms with van der Waals surface area (Å²) >= 11 is 1.99. The maximum atomic E-state index is 11.1. The van der Waals surface area contributed by atoms with Gasteiger partial charge in [0.25, 0.3) is 9.74 Å². The molecule has 0 amide bonds. The molecule has 0 aliphatic carbocycles. The number of nitrogens with zero attached hydrogens (tertiary/aromatic N) is 1. The fourth-order valence-corrected chi connectivity index (χ4v) is 3.35. The number of aryl methyl sites for hydroxylation is 1. The third kappa shape index (κ3) is 1.42. The van der Waals surface area contributed by atoms with Crippen LogP contribution in [0.3, 0.4) is 0 Å². The van der Waals surface area contributed by atoms with Crippen molar-refractivity contribution in [1.29, 1.82) is 0 Å². The topological polar surface area (TPSA) is 60.2 Å². The van der Waals surface area contributed by atoms with Crippen LogP contribution in [0, 0.1) is 17.0 Å². The number of fused-ring (bicyclic) bond motifs is 1. The lowest BCUT2D eigenvalue weighted by atomic mass is 10.2. The van der Waals surface area contributed by atoms with Crippen molar-refractivity contribution in [3.8, 4) is 0 Å². The Bertz CT molecular complexity index is 569. The fourth-order valence-electron chi connectivity index (χ4n) is 1.23. The van der Waals surface area contributed by atoms with E-state index < -0.39 is 4.92 Å². The van der Waals surface area contributed by atoms with E-state index in [0.717, 1.165) is 28.2 Å². The molecule has 4 nitrogen and oxygen atoms in total. The van der Waals surface area contributed by atoms with E-state index in [-0.39, 0.29) is 9.74 Å². The highest BCUT2D eigenvalue weighted by Crippen LogP contribution is 2.31. The summed E-state index contributed by atoms with van der Waals surface area (Å²) in [6.07, 6.45) is 0. The number of non-ortho nitro benzene ring substituents is 1. The lowest BCUT2D eigenvalue weighted by Crippen LogP contribution is -1.88. The molecule has 0 fully saturated rings. The second kappa shape index (κ2) is 3.14.